The van der Waals surface area contributed by atoms with Gasteiger partial charge in [0.2, 0.25) is 0 Å². The zero-order valence-corrected chi connectivity index (χ0v) is 15.2. The number of hydrogen-bond donors (Lipinski definition) is 1. The van der Waals surface area contributed by atoms with Crippen LogP contribution < -0.4 is 15.0 Å². The summed E-state index contributed by atoms with van der Waals surface area (Å²) in [6.45, 7) is 0.165. The minimum atomic E-state index is -0.733. The van der Waals surface area contributed by atoms with Crippen molar-refractivity contribution < 1.29 is 14.3 Å². The van der Waals surface area contributed by atoms with Crippen molar-refractivity contribution in [2.75, 3.05) is 18.5 Å². The maximum atomic E-state index is 12.7. The lowest BCUT2D eigenvalue weighted by Crippen LogP contribution is -2.49. The Hall–Kier alpha value is -2.60. The van der Waals surface area contributed by atoms with Crippen LogP contribution in [0, 0.1) is 0 Å². The lowest BCUT2D eigenvalue weighted by Gasteiger charge is -2.33. The molecule has 2 aromatic rings. The van der Waals surface area contributed by atoms with Gasteiger partial charge < -0.3 is 15.0 Å². The number of carbonyl (C=O) groups excluding carboxylic acids is 2. The number of rotatable bonds is 3. The molecule has 5 nitrogen and oxygen atoms in total. The first kappa shape index (κ1) is 17.2. The molecule has 6 heteroatoms. The predicted molar refractivity (Wildman–Crippen MR) is 100 cm³/mol. The molecule has 0 aliphatic carbocycles. The molecule has 0 fully saturated rings. The van der Waals surface area contributed by atoms with E-state index in [0.29, 0.717) is 11.4 Å². The SMILES string of the molecule is CNC(=O)[C@@H]1CN(C(=O)/C=C/c2cccc(Br)c2)c2ccccc2O1. The number of fused-ring (bicyclic) bond motifs is 1. The van der Waals surface area contributed by atoms with E-state index >= 15 is 0 Å². The number of nitrogens with zero attached hydrogens (tertiary/aromatic N) is 1. The van der Waals surface area contributed by atoms with Crippen LogP contribution in [0.25, 0.3) is 6.08 Å². The number of benzene rings is 2. The molecule has 1 atom stereocenters. The van der Waals surface area contributed by atoms with Gasteiger partial charge in [-0.3, -0.25) is 9.59 Å². The molecular weight excluding hydrogens is 384 g/mol. The molecule has 128 valence electrons. The minimum absolute atomic E-state index is 0.165. The fourth-order valence-electron chi connectivity index (χ4n) is 2.61. The topological polar surface area (TPSA) is 58.6 Å². The van der Waals surface area contributed by atoms with Crippen LogP contribution in [-0.2, 0) is 9.59 Å². The second-order valence-corrected chi connectivity index (χ2v) is 6.44. The Bertz CT molecular complexity index is 835. The highest BCUT2D eigenvalue weighted by atomic mass is 79.9. The van der Waals surface area contributed by atoms with Gasteiger partial charge in [-0.15, -0.1) is 0 Å². The van der Waals surface area contributed by atoms with E-state index in [-0.39, 0.29) is 18.4 Å². The summed E-state index contributed by atoms with van der Waals surface area (Å²) in [6, 6.07) is 14.9. The van der Waals surface area contributed by atoms with Crippen molar-refractivity contribution in [1.82, 2.24) is 5.32 Å². The third kappa shape index (κ3) is 3.91. The molecule has 25 heavy (non-hydrogen) atoms. The summed E-state index contributed by atoms with van der Waals surface area (Å²) >= 11 is 3.41. The molecule has 0 unspecified atom stereocenters. The molecular formula is C19H17BrN2O3. The maximum Gasteiger partial charge on any atom is 0.262 e. The van der Waals surface area contributed by atoms with Crippen molar-refractivity contribution in [3.8, 4) is 5.75 Å². The Kier molecular flexibility index (Phi) is 5.19. The van der Waals surface area contributed by atoms with E-state index in [9.17, 15) is 9.59 Å². The molecule has 0 radical (unpaired) electrons. The van der Waals surface area contributed by atoms with Crippen molar-refractivity contribution in [3.05, 3.63) is 64.6 Å². The number of anilines is 1. The Morgan fingerprint density at radius 2 is 2.04 bits per heavy atom. The lowest BCUT2D eigenvalue weighted by atomic mass is 10.1. The van der Waals surface area contributed by atoms with Crippen LogP contribution in [0.4, 0.5) is 5.69 Å². The van der Waals surface area contributed by atoms with Crippen molar-refractivity contribution in [2.24, 2.45) is 0 Å². The second-order valence-electron chi connectivity index (χ2n) is 5.53. The molecule has 1 aliphatic heterocycles. The summed E-state index contributed by atoms with van der Waals surface area (Å²) in [7, 11) is 1.55. The summed E-state index contributed by atoms with van der Waals surface area (Å²) in [4.78, 5) is 26.2. The fraction of sp³-hybridized carbons (Fsp3) is 0.158. The quantitative estimate of drug-likeness (QED) is 0.805. The van der Waals surface area contributed by atoms with E-state index in [1.807, 2.05) is 36.4 Å². The zero-order chi connectivity index (χ0) is 17.8. The maximum absolute atomic E-state index is 12.7. The first-order valence-corrected chi connectivity index (χ1v) is 8.60. The van der Waals surface area contributed by atoms with Gasteiger partial charge in [-0.25, -0.2) is 0 Å². The van der Waals surface area contributed by atoms with Gasteiger partial charge in [0, 0.05) is 17.6 Å². The van der Waals surface area contributed by atoms with E-state index < -0.39 is 6.10 Å². The van der Waals surface area contributed by atoms with E-state index in [0.717, 1.165) is 10.0 Å². The smallest absolute Gasteiger partial charge is 0.262 e. The fourth-order valence-corrected chi connectivity index (χ4v) is 3.03. The third-order valence-corrected chi connectivity index (χ3v) is 4.34. The van der Waals surface area contributed by atoms with Gasteiger partial charge in [-0.2, -0.15) is 0 Å². The van der Waals surface area contributed by atoms with Gasteiger partial charge >= 0.3 is 0 Å². The van der Waals surface area contributed by atoms with E-state index in [2.05, 4.69) is 21.2 Å². The molecule has 2 aromatic carbocycles. The number of nitrogens with one attached hydrogen (secondary N) is 1. The highest BCUT2D eigenvalue weighted by Crippen LogP contribution is 2.33. The van der Waals surface area contributed by atoms with Crippen LogP contribution >= 0.6 is 15.9 Å². The Labute approximate surface area is 154 Å². The van der Waals surface area contributed by atoms with Gasteiger partial charge in [0.05, 0.1) is 12.2 Å². The monoisotopic (exact) mass is 400 g/mol. The number of amides is 2. The van der Waals surface area contributed by atoms with Gasteiger partial charge in [-0.1, -0.05) is 40.2 Å². The summed E-state index contributed by atoms with van der Waals surface area (Å²) in [5, 5.41) is 2.56. The predicted octanol–water partition coefficient (Wildman–Crippen LogP) is 3.00. The van der Waals surface area contributed by atoms with Crippen LogP contribution in [0.2, 0.25) is 0 Å². The van der Waals surface area contributed by atoms with Crippen LogP contribution in [0.5, 0.6) is 5.75 Å². The number of carbonyl (C=O) groups is 2. The lowest BCUT2D eigenvalue weighted by molar-refractivity contribution is -0.127. The first-order valence-electron chi connectivity index (χ1n) is 7.81. The average molecular weight is 401 g/mol. The van der Waals surface area contributed by atoms with E-state index in [1.54, 1.807) is 30.2 Å². The van der Waals surface area contributed by atoms with Crippen molar-refractivity contribution >= 4 is 39.5 Å². The molecule has 0 spiro atoms. The van der Waals surface area contributed by atoms with Crippen LogP contribution in [0.1, 0.15) is 5.56 Å². The number of likely N-dealkylation sites (N-methyl/N-ethyl adjacent to an activating group) is 1. The molecule has 1 heterocycles. The molecule has 2 amide bonds. The van der Waals surface area contributed by atoms with Gasteiger partial charge in [0.1, 0.15) is 5.75 Å². The summed E-state index contributed by atoms with van der Waals surface area (Å²) in [6.07, 6.45) is 2.52. The largest absolute Gasteiger partial charge is 0.477 e. The summed E-state index contributed by atoms with van der Waals surface area (Å²) in [5.41, 5.74) is 1.57. The Morgan fingerprint density at radius 1 is 1.24 bits per heavy atom. The molecule has 1 N–H and O–H groups in total. The molecule has 0 bridgehead atoms. The average Bonchev–Trinajstić information content (AvgIpc) is 2.64. The Balaban J connectivity index is 1.86. The molecule has 3 rings (SSSR count). The summed E-state index contributed by atoms with van der Waals surface area (Å²) < 4.78 is 6.65. The van der Waals surface area contributed by atoms with E-state index in [1.165, 1.54) is 6.08 Å². The number of para-hydroxylation sites is 2. The molecule has 0 aromatic heterocycles. The summed E-state index contributed by atoms with van der Waals surface area (Å²) in [5.74, 6) is 0.0551. The van der Waals surface area contributed by atoms with Crippen molar-refractivity contribution in [1.29, 1.82) is 0 Å². The molecule has 0 saturated heterocycles. The standard InChI is InChI=1S/C19H17BrN2O3/c1-21-19(24)17-12-22(15-7-2-3-8-16(15)25-17)18(23)10-9-13-5-4-6-14(20)11-13/h2-11,17H,12H2,1H3,(H,21,24)/b10-9+/t17-/m0/s1. The van der Waals surface area contributed by atoms with Crippen molar-refractivity contribution in [2.45, 2.75) is 6.10 Å². The van der Waals surface area contributed by atoms with Gasteiger partial charge in [0.15, 0.2) is 6.10 Å². The van der Waals surface area contributed by atoms with Crippen LogP contribution in [0.3, 0.4) is 0 Å². The first-order chi connectivity index (χ1) is 12.1. The van der Waals surface area contributed by atoms with Crippen LogP contribution in [-0.4, -0.2) is 31.5 Å². The highest BCUT2D eigenvalue weighted by Gasteiger charge is 2.32. The normalized spacial score (nSPS) is 16.2. The highest BCUT2D eigenvalue weighted by molar-refractivity contribution is 9.10. The molecule has 1 aliphatic rings. The second kappa shape index (κ2) is 7.53. The number of ether oxygens (including phenoxy) is 1. The van der Waals surface area contributed by atoms with Gasteiger partial charge in [0.25, 0.3) is 11.8 Å². The number of hydrogen-bond acceptors (Lipinski definition) is 3. The van der Waals surface area contributed by atoms with Crippen molar-refractivity contribution in [3.63, 3.8) is 0 Å². The Morgan fingerprint density at radius 3 is 2.80 bits per heavy atom. The van der Waals surface area contributed by atoms with Crippen LogP contribution in [0.15, 0.2) is 59.1 Å². The third-order valence-electron chi connectivity index (χ3n) is 3.85. The van der Waals surface area contributed by atoms with E-state index in [4.69, 9.17) is 4.74 Å². The zero-order valence-electron chi connectivity index (χ0n) is 13.6. The molecule has 0 saturated carbocycles. The minimum Gasteiger partial charge on any atom is -0.477 e. The van der Waals surface area contributed by atoms with Gasteiger partial charge in [-0.05, 0) is 35.9 Å². The number of halogens is 1.